The Bertz CT molecular complexity index is 961. The van der Waals surface area contributed by atoms with Crippen molar-refractivity contribution in [2.45, 2.75) is 17.8 Å². The van der Waals surface area contributed by atoms with E-state index < -0.39 is 17.0 Å². The molecule has 6 nitrogen and oxygen atoms in total. The standard InChI is InChI=1S/C19H15F3N4O2S/c20-19(21,22)13-6-4-5-12(9-13)11-23-26-18-25-17(28)15(29-18)10-16(27)24-14-7-2-1-3-8-14/h1-9,11,15H,10H2,(H,24,27)(H,25,26,28). The zero-order chi connectivity index (χ0) is 20.9. The quantitative estimate of drug-likeness (QED) is 0.572. The smallest absolute Gasteiger partial charge is 0.326 e. The minimum Gasteiger partial charge on any atom is -0.326 e. The van der Waals surface area contributed by atoms with Gasteiger partial charge in [-0.05, 0) is 29.8 Å². The van der Waals surface area contributed by atoms with Crippen molar-refractivity contribution in [3.8, 4) is 0 Å². The SMILES string of the molecule is O=C(CC1SC(=NN=Cc2cccc(C(F)(F)F)c2)NC1=O)Nc1ccccc1. The Hall–Kier alpha value is -3.14. The van der Waals surface area contributed by atoms with Gasteiger partial charge in [-0.25, -0.2) is 0 Å². The van der Waals surface area contributed by atoms with Crippen molar-refractivity contribution in [1.29, 1.82) is 0 Å². The maximum Gasteiger partial charge on any atom is 0.416 e. The van der Waals surface area contributed by atoms with Crippen LogP contribution in [0, 0.1) is 0 Å². The number of amidine groups is 1. The van der Waals surface area contributed by atoms with Gasteiger partial charge in [-0.1, -0.05) is 42.1 Å². The molecule has 0 aliphatic carbocycles. The highest BCUT2D eigenvalue weighted by Gasteiger charge is 2.32. The van der Waals surface area contributed by atoms with Crippen molar-refractivity contribution >= 4 is 40.6 Å². The summed E-state index contributed by atoms with van der Waals surface area (Å²) in [5.74, 6) is -0.705. The number of alkyl halides is 3. The molecule has 1 aliphatic heterocycles. The van der Waals surface area contributed by atoms with Gasteiger partial charge in [0, 0.05) is 12.1 Å². The first kappa shape index (κ1) is 20.6. The van der Waals surface area contributed by atoms with Gasteiger partial charge < -0.3 is 10.6 Å². The third-order valence-electron chi connectivity index (χ3n) is 3.77. The van der Waals surface area contributed by atoms with E-state index in [0.717, 1.165) is 30.1 Å². The van der Waals surface area contributed by atoms with Gasteiger partial charge in [0.1, 0.15) is 5.25 Å². The number of anilines is 1. The number of para-hydroxylation sites is 1. The van der Waals surface area contributed by atoms with Crippen molar-refractivity contribution in [2.75, 3.05) is 5.32 Å². The summed E-state index contributed by atoms with van der Waals surface area (Å²) < 4.78 is 38.1. The first-order valence-corrected chi connectivity index (χ1v) is 9.30. The van der Waals surface area contributed by atoms with Gasteiger partial charge in [0.25, 0.3) is 0 Å². The van der Waals surface area contributed by atoms with Crippen LogP contribution in [0.5, 0.6) is 0 Å². The molecule has 0 aromatic heterocycles. The molecule has 0 bridgehead atoms. The highest BCUT2D eigenvalue weighted by Crippen LogP contribution is 2.29. The zero-order valence-corrected chi connectivity index (χ0v) is 15.6. The van der Waals surface area contributed by atoms with E-state index in [4.69, 9.17) is 0 Å². The van der Waals surface area contributed by atoms with E-state index in [1.54, 1.807) is 24.3 Å². The summed E-state index contributed by atoms with van der Waals surface area (Å²) in [5, 5.41) is 12.2. The summed E-state index contributed by atoms with van der Waals surface area (Å²) in [5.41, 5.74) is 0.0555. The van der Waals surface area contributed by atoms with E-state index in [1.807, 2.05) is 6.07 Å². The number of hydrogen-bond donors (Lipinski definition) is 2. The fourth-order valence-corrected chi connectivity index (χ4v) is 3.36. The van der Waals surface area contributed by atoms with Crippen LogP contribution in [0.1, 0.15) is 17.5 Å². The van der Waals surface area contributed by atoms with Gasteiger partial charge >= 0.3 is 6.18 Å². The summed E-state index contributed by atoms with van der Waals surface area (Å²) in [6.07, 6.45) is -3.34. The van der Waals surface area contributed by atoms with Crippen molar-refractivity contribution in [3.05, 3.63) is 65.7 Å². The monoisotopic (exact) mass is 420 g/mol. The van der Waals surface area contributed by atoms with Gasteiger partial charge in [0.2, 0.25) is 11.8 Å². The van der Waals surface area contributed by atoms with E-state index in [2.05, 4.69) is 20.8 Å². The summed E-state index contributed by atoms with van der Waals surface area (Å²) in [4.78, 5) is 24.1. The number of benzene rings is 2. The minimum atomic E-state index is -4.45. The molecule has 29 heavy (non-hydrogen) atoms. The number of rotatable bonds is 5. The molecule has 1 unspecified atom stereocenters. The van der Waals surface area contributed by atoms with Gasteiger partial charge in [0.05, 0.1) is 11.8 Å². The first-order valence-electron chi connectivity index (χ1n) is 8.42. The van der Waals surface area contributed by atoms with Crippen LogP contribution in [0.3, 0.4) is 0 Å². The average molecular weight is 420 g/mol. The number of halogens is 3. The van der Waals surface area contributed by atoms with E-state index >= 15 is 0 Å². The maximum absolute atomic E-state index is 12.7. The molecule has 0 spiro atoms. The Kier molecular flexibility index (Phi) is 6.32. The Morgan fingerprint density at radius 2 is 1.93 bits per heavy atom. The Labute approximate surface area is 168 Å². The molecule has 2 amide bonds. The molecular weight excluding hydrogens is 405 g/mol. The van der Waals surface area contributed by atoms with Crippen LogP contribution in [0.15, 0.2) is 64.8 Å². The van der Waals surface area contributed by atoms with Crippen molar-refractivity contribution in [1.82, 2.24) is 5.32 Å². The minimum absolute atomic E-state index is 0.0538. The van der Waals surface area contributed by atoms with E-state index in [1.165, 1.54) is 12.1 Å². The fraction of sp³-hybridized carbons (Fsp3) is 0.158. The summed E-state index contributed by atoms with van der Waals surface area (Å²) in [6, 6.07) is 13.5. The molecule has 3 rings (SSSR count). The predicted octanol–water partition coefficient (Wildman–Crippen LogP) is 3.66. The van der Waals surface area contributed by atoms with E-state index in [-0.39, 0.29) is 29.0 Å². The summed E-state index contributed by atoms with van der Waals surface area (Å²) >= 11 is 1.03. The number of carbonyl (C=O) groups is 2. The lowest BCUT2D eigenvalue weighted by molar-refractivity contribution is -0.137. The fourth-order valence-electron chi connectivity index (χ4n) is 2.43. The third-order valence-corrected chi connectivity index (χ3v) is 4.85. The first-order chi connectivity index (χ1) is 13.8. The van der Waals surface area contributed by atoms with Crippen molar-refractivity contribution in [2.24, 2.45) is 10.2 Å². The molecule has 1 atom stereocenters. The highest BCUT2D eigenvalue weighted by molar-refractivity contribution is 8.15. The van der Waals surface area contributed by atoms with Crippen molar-refractivity contribution < 1.29 is 22.8 Å². The molecule has 10 heteroatoms. The van der Waals surface area contributed by atoms with Crippen LogP contribution in [0.4, 0.5) is 18.9 Å². The largest absolute Gasteiger partial charge is 0.416 e. The normalized spacial score (nSPS) is 18.2. The van der Waals surface area contributed by atoms with Crippen LogP contribution < -0.4 is 10.6 Å². The maximum atomic E-state index is 12.7. The second-order valence-electron chi connectivity index (χ2n) is 5.99. The Morgan fingerprint density at radius 1 is 1.17 bits per heavy atom. The molecular formula is C19H15F3N4O2S. The van der Waals surface area contributed by atoms with Crippen LogP contribution in [0.25, 0.3) is 0 Å². The van der Waals surface area contributed by atoms with Crippen molar-refractivity contribution in [3.63, 3.8) is 0 Å². The topological polar surface area (TPSA) is 82.9 Å². The number of nitrogens with one attached hydrogen (secondary N) is 2. The number of amides is 2. The highest BCUT2D eigenvalue weighted by atomic mass is 32.2. The van der Waals surface area contributed by atoms with Crippen LogP contribution in [-0.4, -0.2) is 28.4 Å². The third kappa shape index (κ3) is 5.92. The molecule has 2 aromatic carbocycles. The average Bonchev–Trinajstić information content (AvgIpc) is 3.01. The number of hydrogen-bond acceptors (Lipinski definition) is 5. The second kappa shape index (κ2) is 8.91. The molecule has 2 aromatic rings. The van der Waals surface area contributed by atoms with Gasteiger partial charge in [-0.3, -0.25) is 9.59 Å². The van der Waals surface area contributed by atoms with Gasteiger partial charge in [0.15, 0.2) is 5.17 Å². The van der Waals surface area contributed by atoms with Gasteiger partial charge in [-0.15, -0.1) is 5.10 Å². The molecule has 1 aliphatic rings. The van der Waals surface area contributed by atoms with Crippen LogP contribution >= 0.6 is 11.8 Å². The molecule has 150 valence electrons. The van der Waals surface area contributed by atoms with E-state index in [0.29, 0.717) is 5.69 Å². The summed E-state index contributed by atoms with van der Waals surface area (Å²) in [6.45, 7) is 0. The predicted molar refractivity (Wildman–Crippen MR) is 106 cm³/mol. The lowest BCUT2D eigenvalue weighted by atomic mass is 10.1. The number of thioether (sulfide) groups is 1. The van der Waals surface area contributed by atoms with Gasteiger partial charge in [-0.2, -0.15) is 18.3 Å². The number of nitrogens with zero attached hydrogens (tertiary/aromatic N) is 2. The molecule has 0 saturated carbocycles. The van der Waals surface area contributed by atoms with E-state index in [9.17, 15) is 22.8 Å². The molecule has 1 saturated heterocycles. The number of carbonyl (C=O) groups excluding carboxylic acids is 2. The molecule has 0 radical (unpaired) electrons. The summed E-state index contributed by atoms with van der Waals surface area (Å²) in [7, 11) is 0. The zero-order valence-electron chi connectivity index (χ0n) is 14.8. The Morgan fingerprint density at radius 3 is 2.66 bits per heavy atom. The van der Waals surface area contributed by atoms with Crippen LogP contribution in [-0.2, 0) is 15.8 Å². The molecule has 1 fully saturated rings. The Balaban J connectivity index is 1.57. The lowest BCUT2D eigenvalue weighted by Crippen LogP contribution is -2.28. The van der Waals surface area contributed by atoms with Crippen LogP contribution in [0.2, 0.25) is 0 Å². The lowest BCUT2D eigenvalue weighted by Gasteiger charge is -2.06. The second-order valence-corrected chi connectivity index (χ2v) is 7.18. The molecule has 2 N–H and O–H groups in total. The molecule has 1 heterocycles.